The second kappa shape index (κ2) is 7.08. The summed E-state index contributed by atoms with van der Waals surface area (Å²) in [6, 6.07) is 0.182. The van der Waals surface area contributed by atoms with Crippen molar-refractivity contribution in [2.75, 3.05) is 6.54 Å². The molecular weight excluding hydrogens is 325 g/mol. The maximum Gasteiger partial charge on any atom is 0.390 e. The molecule has 1 aromatic heterocycles. The van der Waals surface area contributed by atoms with Crippen molar-refractivity contribution in [3.05, 3.63) is 15.8 Å². The van der Waals surface area contributed by atoms with Gasteiger partial charge in [0, 0.05) is 24.0 Å². The Kier molecular flexibility index (Phi) is 6.21. The maximum atomic E-state index is 12.2. The molecule has 0 amide bonds. The zero-order valence-electron chi connectivity index (χ0n) is 12.0. The first-order chi connectivity index (χ1) is 9.53. The molecule has 1 heterocycles. The van der Waals surface area contributed by atoms with Crippen molar-refractivity contribution in [2.24, 2.45) is 0 Å². The molecule has 122 valence electrons. The van der Waals surface area contributed by atoms with Gasteiger partial charge in [-0.15, -0.1) is 11.3 Å². The minimum Gasteiger partial charge on any atom is -0.310 e. The fraction of sp³-hybridized carbons (Fsp3) is 0.667. The van der Waals surface area contributed by atoms with Gasteiger partial charge in [-0.25, -0.2) is 13.1 Å². The van der Waals surface area contributed by atoms with E-state index < -0.39 is 29.2 Å². The van der Waals surface area contributed by atoms with Crippen molar-refractivity contribution in [1.82, 2.24) is 10.0 Å². The van der Waals surface area contributed by atoms with Crippen LogP contribution >= 0.6 is 11.3 Å². The number of thiophene rings is 1. The Morgan fingerprint density at radius 1 is 1.33 bits per heavy atom. The lowest BCUT2D eigenvalue weighted by atomic mass is 10.3. The Morgan fingerprint density at radius 3 is 2.48 bits per heavy atom. The van der Waals surface area contributed by atoms with Gasteiger partial charge < -0.3 is 5.32 Å². The highest BCUT2D eigenvalue weighted by Gasteiger charge is 2.29. The third kappa shape index (κ3) is 5.93. The molecule has 0 saturated carbocycles. The van der Waals surface area contributed by atoms with Crippen LogP contribution in [-0.2, 0) is 16.6 Å². The van der Waals surface area contributed by atoms with Crippen LogP contribution in [0.2, 0.25) is 0 Å². The molecule has 0 bridgehead atoms. The zero-order chi connectivity index (χ0) is 16.3. The Labute approximate surface area is 126 Å². The number of nitrogens with one attached hydrogen (secondary N) is 2. The van der Waals surface area contributed by atoms with Gasteiger partial charge in [0.15, 0.2) is 0 Å². The summed E-state index contributed by atoms with van der Waals surface area (Å²) in [6.07, 6.45) is -5.57. The molecule has 0 saturated heterocycles. The van der Waals surface area contributed by atoms with Gasteiger partial charge in [-0.3, -0.25) is 0 Å². The summed E-state index contributed by atoms with van der Waals surface area (Å²) in [5.41, 5.74) is 0.542. The minimum atomic E-state index is -4.38. The van der Waals surface area contributed by atoms with E-state index in [0.29, 0.717) is 17.0 Å². The number of sulfonamides is 1. The molecule has 0 aliphatic rings. The van der Waals surface area contributed by atoms with Crippen LogP contribution in [0.3, 0.4) is 0 Å². The summed E-state index contributed by atoms with van der Waals surface area (Å²) in [5, 5.41) is 4.80. The van der Waals surface area contributed by atoms with E-state index in [1.807, 2.05) is 18.6 Å². The fourth-order valence-corrected chi connectivity index (χ4v) is 4.46. The summed E-state index contributed by atoms with van der Waals surface area (Å²) in [7, 11) is -3.93. The Hall–Kier alpha value is -0.640. The second-order valence-corrected chi connectivity index (χ2v) is 7.64. The van der Waals surface area contributed by atoms with Gasteiger partial charge in [-0.1, -0.05) is 13.8 Å². The van der Waals surface area contributed by atoms with Crippen LogP contribution in [0, 0.1) is 6.92 Å². The van der Waals surface area contributed by atoms with Crippen LogP contribution in [0.25, 0.3) is 0 Å². The van der Waals surface area contributed by atoms with Crippen molar-refractivity contribution in [2.45, 2.75) is 50.9 Å². The summed E-state index contributed by atoms with van der Waals surface area (Å²) in [6.45, 7) is 5.20. The first-order valence-corrected chi connectivity index (χ1v) is 8.76. The van der Waals surface area contributed by atoms with Crippen molar-refractivity contribution in [3.63, 3.8) is 0 Å². The molecule has 1 rings (SSSR count). The van der Waals surface area contributed by atoms with Gasteiger partial charge in [0.2, 0.25) is 10.0 Å². The van der Waals surface area contributed by atoms with Crippen molar-refractivity contribution in [3.8, 4) is 0 Å². The molecule has 0 aliphatic heterocycles. The topological polar surface area (TPSA) is 58.2 Å². The van der Waals surface area contributed by atoms with Crippen LogP contribution in [0.1, 0.15) is 30.7 Å². The molecule has 0 atom stereocenters. The Balaban J connectivity index is 2.85. The fourth-order valence-electron chi connectivity index (χ4n) is 1.67. The predicted octanol–water partition coefficient (Wildman–Crippen LogP) is 2.79. The number of halogens is 3. The van der Waals surface area contributed by atoms with Crippen LogP contribution in [0.4, 0.5) is 13.2 Å². The SMILES string of the molecule is Cc1csc(CNC(C)C)c1S(=O)(=O)NCCC(F)(F)F. The van der Waals surface area contributed by atoms with E-state index in [1.54, 1.807) is 12.3 Å². The van der Waals surface area contributed by atoms with Crippen molar-refractivity contribution >= 4 is 21.4 Å². The highest BCUT2D eigenvalue weighted by Crippen LogP contribution is 2.27. The minimum absolute atomic E-state index is 0.0859. The summed E-state index contributed by atoms with van der Waals surface area (Å²) >= 11 is 1.28. The van der Waals surface area contributed by atoms with E-state index in [1.165, 1.54) is 11.3 Å². The lowest BCUT2D eigenvalue weighted by Crippen LogP contribution is -2.29. The molecule has 1 aromatic rings. The molecule has 0 aromatic carbocycles. The molecule has 0 unspecified atom stereocenters. The van der Waals surface area contributed by atoms with E-state index >= 15 is 0 Å². The van der Waals surface area contributed by atoms with Crippen LogP contribution in [-0.4, -0.2) is 27.2 Å². The highest BCUT2D eigenvalue weighted by molar-refractivity contribution is 7.89. The van der Waals surface area contributed by atoms with Gasteiger partial charge >= 0.3 is 6.18 Å². The number of hydrogen-bond acceptors (Lipinski definition) is 4. The smallest absolute Gasteiger partial charge is 0.310 e. The van der Waals surface area contributed by atoms with E-state index in [0.717, 1.165) is 0 Å². The monoisotopic (exact) mass is 344 g/mol. The molecule has 0 spiro atoms. The molecule has 0 fully saturated rings. The van der Waals surface area contributed by atoms with Crippen LogP contribution in [0.5, 0.6) is 0 Å². The van der Waals surface area contributed by atoms with E-state index in [2.05, 4.69) is 5.32 Å². The van der Waals surface area contributed by atoms with Gasteiger partial charge in [-0.05, 0) is 17.9 Å². The third-order valence-electron chi connectivity index (χ3n) is 2.63. The highest BCUT2D eigenvalue weighted by atomic mass is 32.2. The molecule has 0 aliphatic carbocycles. The molecule has 9 heteroatoms. The zero-order valence-corrected chi connectivity index (χ0v) is 13.7. The van der Waals surface area contributed by atoms with Crippen molar-refractivity contribution < 1.29 is 21.6 Å². The largest absolute Gasteiger partial charge is 0.390 e. The second-order valence-electron chi connectivity index (χ2n) is 4.97. The van der Waals surface area contributed by atoms with Gasteiger partial charge in [0.05, 0.1) is 6.42 Å². The average molecular weight is 344 g/mol. The van der Waals surface area contributed by atoms with E-state index in [-0.39, 0.29) is 10.9 Å². The predicted molar refractivity (Wildman–Crippen MR) is 76.9 cm³/mol. The Bertz CT molecular complexity index is 566. The summed E-state index contributed by atoms with van der Waals surface area (Å²) < 4.78 is 62.6. The standard InChI is InChI=1S/C12H19F3N2O2S2/c1-8(2)16-6-10-11(9(3)7-20-10)21(18,19)17-5-4-12(13,14)15/h7-8,16-17H,4-6H2,1-3H3. The van der Waals surface area contributed by atoms with Gasteiger partial charge in [0.1, 0.15) is 4.90 Å². The molecule has 0 radical (unpaired) electrons. The first kappa shape index (κ1) is 18.4. The molecular formula is C12H19F3N2O2S2. The Morgan fingerprint density at radius 2 is 1.95 bits per heavy atom. The molecule has 4 nitrogen and oxygen atoms in total. The lowest BCUT2D eigenvalue weighted by molar-refractivity contribution is -0.132. The third-order valence-corrected chi connectivity index (χ3v) is 5.55. The molecule has 2 N–H and O–H groups in total. The van der Waals surface area contributed by atoms with Gasteiger partial charge in [-0.2, -0.15) is 13.2 Å². The van der Waals surface area contributed by atoms with E-state index in [4.69, 9.17) is 0 Å². The number of rotatable bonds is 7. The maximum absolute atomic E-state index is 12.2. The van der Waals surface area contributed by atoms with Crippen LogP contribution < -0.4 is 10.0 Å². The van der Waals surface area contributed by atoms with E-state index in [9.17, 15) is 21.6 Å². The van der Waals surface area contributed by atoms with Gasteiger partial charge in [0.25, 0.3) is 0 Å². The first-order valence-electron chi connectivity index (χ1n) is 6.39. The lowest BCUT2D eigenvalue weighted by Gasteiger charge is -2.12. The number of hydrogen-bond donors (Lipinski definition) is 2. The normalized spacial score (nSPS) is 13.1. The van der Waals surface area contributed by atoms with Crippen molar-refractivity contribution in [1.29, 1.82) is 0 Å². The summed E-state index contributed by atoms with van der Waals surface area (Å²) in [5.74, 6) is 0. The number of aryl methyl sites for hydroxylation is 1. The number of alkyl halides is 3. The summed E-state index contributed by atoms with van der Waals surface area (Å²) in [4.78, 5) is 0.684. The molecule has 21 heavy (non-hydrogen) atoms. The quantitative estimate of drug-likeness (QED) is 0.800. The van der Waals surface area contributed by atoms with Crippen LogP contribution in [0.15, 0.2) is 10.3 Å². The average Bonchev–Trinajstić information content (AvgIpc) is 2.66.